The van der Waals surface area contributed by atoms with Gasteiger partial charge in [0.25, 0.3) is 11.8 Å². The summed E-state index contributed by atoms with van der Waals surface area (Å²) in [5, 5.41) is 4.62. The van der Waals surface area contributed by atoms with Crippen molar-refractivity contribution in [2.75, 3.05) is 23.4 Å². The SMILES string of the molecule is CC(C)(C)C(=O)OCC(=O)Nc1ccc2c(c1)N(C(=O)c1cccs1)CCC2. The van der Waals surface area contributed by atoms with E-state index in [1.54, 1.807) is 31.7 Å². The lowest BCUT2D eigenvalue weighted by atomic mass is 9.97. The number of nitrogens with zero attached hydrogens (tertiary/aromatic N) is 1. The number of hydrogen-bond acceptors (Lipinski definition) is 5. The van der Waals surface area contributed by atoms with Crippen molar-refractivity contribution in [3.63, 3.8) is 0 Å². The minimum absolute atomic E-state index is 0.0291. The zero-order valence-electron chi connectivity index (χ0n) is 16.3. The lowest BCUT2D eigenvalue weighted by Gasteiger charge is -2.29. The van der Waals surface area contributed by atoms with Crippen molar-refractivity contribution in [2.24, 2.45) is 5.41 Å². The van der Waals surface area contributed by atoms with Crippen LogP contribution in [-0.4, -0.2) is 30.9 Å². The number of fused-ring (bicyclic) bond motifs is 1. The van der Waals surface area contributed by atoms with Gasteiger partial charge < -0.3 is 15.0 Å². The molecule has 28 heavy (non-hydrogen) atoms. The van der Waals surface area contributed by atoms with Gasteiger partial charge in [0.2, 0.25) is 0 Å². The first-order chi connectivity index (χ1) is 13.3. The van der Waals surface area contributed by atoms with Crippen LogP contribution in [0.3, 0.4) is 0 Å². The van der Waals surface area contributed by atoms with Crippen molar-refractivity contribution in [3.8, 4) is 0 Å². The number of nitrogens with one attached hydrogen (secondary N) is 1. The van der Waals surface area contributed by atoms with E-state index >= 15 is 0 Å². The molecule has 2 amide bonds. The molecule has 6 nitrogen and oxygen atoms in total. The lowest BCUT2D eigenvalue weighted by Crippen LogP contribution is -2.35. The first-order valence-electron chi connectivity index (χ1n) is 9.21. The van der Waals surface area contributed by atoms with Gasteiger partial charge in [0, 0.05) is 17.9 Å². The fraction of sp³-hybridized carbons (Fsp3) is 0.381. The van der Waals surface area contributed by atoms with E-state index in [0.717, 1.165) is 24.1 Å². The maximum absolute atomic E-state index is 12.8. The molecule has 0 radical (unpaired) electrons. The number of rotatable bonds is 4. The van der Waals surface area contributed by atoms with Crippen molar-refractivity contribution in [1.82, 2.24) is 0 Å². The van der Waals surface area contributed by atoms with E-state index < -0.39 is 17.3 Å². The molecule has 0 spiro atoms. The maximum Gasteiger partial charge on any atom is 0.311 e. The van der Waals surface area contributed by atoms with Crippen LogP contribution < -0.4 is 10.2 Å². The molecule has 1 aromatic carbocycles. The molecule has 0 saturated carbocycles. The Hall–Kier alpha value is -2.67. The highest BCUT2D eigenvalue weighted by Crippen LogP contribution is 2.32. The molecule has 0 atom stereocenters. The molecule has 1 aliphatic rings. The Kier molecular flexibility index (Phi) is 5.84. The van der Waals surface area contributed by atoms with Crippen molar-refractivity contribution < 1.29 is 19.1 Å². The molecule has 3 rings (SSSR count). The topological polar surface area (TPSA) is 75.7 Å². The van der Waals surface area contributed by atoms with Gasteiger partial charge in [-0.1, -0.05) is 12.1 Å². The minimum atomic E-state index is -0.658. The van der Waals surface area contributed by atoms with E-state index in [1.165, 1.54) is 11.3 Å². The van der Waals surface area contributed by atoms with Crippen LogP contribution in [0.25, 0.3) is 0 Å². The van der Waals surface area contributed by atoms with E-state index in [-0.39, 0.29) is 12.5 Å². The third-order valence-electron chi connectivity index (χ3n) is 4.41. The summed E-state index contributed by atoms with van der Waals surface area (Å²) < 4.78 is 5.05. The first kappa shape index (κ1) is 20.1. The highest BCUT2D eigenvalue weighted by molar-refractivity contribution is 7.12. The van der Waals surface area contributed by atoms with Crippen LogP contribution >= 0.6 is 11.3 Å². The second kappa shape index (κ2) is 8.14. The number of thiophene rings is 1. The molecular formula is C21H24N2O4S. The molecule has 7 heteroatoms. The Morgan fingerprint density at radius 1 is 1.21 bits per heavy atom. The summed E-state index contributed by atoms with van der Waals surface area (Å²) in [7, 11) is 0. The van der Waals surface area contributed by atoms with Crippen LogP contribution in [0.15, 0.2) is 35.7 Å². The molecule has 0 unspecified atom stereocenters. The van der Waals surface area contributed by atoms with Gasteiger partial charge in [-0.2, -0.15) is 0 Å². The van der Waals surface area contributed by atoms with Gasteiger partial charge in [0.1, 0.15) is 0 Å². The normalized spacial score (nSPS) is 13.6. The van der Waals surface area contributed by atoms with Gasteiger partial charge in [-0.25, -0.2) is 0 Å². The Balaban J connectivity index is 1.71. The van der Waals surface area contributed by atoms with Gasteiger partial charge in [-0.15, -0.1) is 11.3 Å². The third kappa shape index (κ3) is 4.59. The summed E-state index contributed by atoms with van der Waals surface area (Å²) >= 11 is 1.42. The summed E-state index contributed by atoms with van der Waals surface area (Å²) in [6.45, 7) is 5.50. The largest absolute Gasteiger partial charge is 0.455 e. The van der Waals surface area contributed by atoms with Crippen LogP contribution in [-0.2, 0) is 20.7 Å². The number of aryl methyl sites for hydroxylation is 1. The summed E-state index contributed by atoms with van der Waals surface area (Å²) in [5.41, 5.74) is 1.80. The number of ether oxygens (including phenoxy) is 1. The van der Waals surface area contributed by atoms with Gasteiger partial charge in [-0.3, -0.25) is 14.4 Å². The molecule has 1 aliphatic heterocycles. The number of anilines is 2. The average Bonchev–Trinajstić information content (AvgIpc) is 3.19. The van der Waals surface area contributed by atoms with Gasteiger partial charge >= 0.3 is 5.97 Å². The van der Waals surface area contributed by atoms with Crippen LogP contribution in [0, 0.1) is 5.41 Å². The molecule has 2 aromatic rings. The minimum Gasteiger partial charge on any atom is -0.455 e. The number of esters is 1. The molecule has 0 aliphatic carbocycles. The molecule has 1 aromatic heterocycles. The summed E-state index contributed by atoms with van der Waals surface area (Å²) in [6.07, 6.45) is 1.79. The van der Waals surface area contributed by atoms with Gasteiger partial charge in [0.05, 0.1) is 10.3 Å². The second-order valence-corrected chi connectivity index (χ2v) is 8.70. The Labute approximate surface area is 168 Å². The number of carbonyl (C=O) groups is 3. The summed E-state index contributed by atoms with van der Waals surface area (Å²) in [4.78, 5) is 39.2. The molecule has 0 bridgehead atoms. The standard InChI is InChI=1S/C21H24N2O4S/c1-21(2,3)20(26)27-13-18(24)22-15-9-8-14-6-4-10-23(16(14)12-15)19(25)17-7-5-11-28-17/h5,7-9,11-12H,4,6,10,13H2,1-3H3,(H,22,24). The summed E-state index contributed by atoms with van der Waals surface area (Å²) in [6, 6.07) is 9.22. The molecule has 1 N–H and O–H groups in total. The van der Waals surface area contributed by atoms with E-state index in [4.69, 9.17) is 4.74 Å². The van der Waals surface area contributed by atoms with Crippen molar-refractivity contribution in [2.45, 2.75) is 33.6 Å². The van der Waals surface area contributed by atoms with Crippen LogP contribution in [0.5, 0.6) is 0 Å². The monoisotopic (exact) mass is 400 g/mol. The summed E-state index contributed by atoms with van der Waals surface area (Å²) in [5.74, 6) is -0.871. The number of hydrogen-bond donors (Lipinski definition) is 1. The Bertz CT molecular complexity index is 884. The fourth-order valence-electron chi connectivity index (χ4n) is 2.94. The third-order valence-corrected chi connectivity index (χ3v) is 5.27. The Morgan fingerprint density at radius 3 is 2.68 bits per heavy atom. The molecule has 0 saturated heterocycles. The van der Waals surface area contributed by atoms with E-state index in [1.807, 2.05) is 29.6 Å². The Morgan fingerprint density at radius 2 is 2.00 bits per heavy atom. The van der Waals surface area contributed by atoms with Crippen molar-refractivity contribution in [1.29, 1.82) is 0 Å². The predicted molar refractivity (Wildman–Crippen MR) is 110 cm³/mol. The predicted octanol–water partition coefficient (Wildman–Crippen LogP) is 3.87. The van der Waals surface area contributed by atoms with Crippen LogP contribution in [0.1, 0.15) is 42.4 Å². The van der Waals surface area contributed by atoms with Crippen LogP contribution in [0.4, 0.5) is 11.4 Å². The smallest absolute Gasteiger partial charge is 0.311 e. The average molecular weight is 401 g/mol. The lowest BCUT2D eigenvalue weighted by molar-refractivity contribution is -0.155. The molecule has 148 valence electrons. The number of amides is 2. The first-order valence-corrected chi connectivity index (χ1v) is 10.1. The van der Waals surface area contributed by atoms with Crippen molar-refractivity contribution >= 4 is 40.5 Å². The van der Waals surface area contributed by atoms with E-state index in [9.17, 15) is 14.4 Å². The molecule has 0 fully saturated rings. The highest BCUT2D eigenvalue weighted by Gasteiger charge is 2.26. The van der Waals surface area contributed by atoms with Gasteiger partial charge in [0.15, 0.2) is 6.61 Å². The number of benzene rings is 1. The van der Waals surface area contributed by atoms with Gasteiger partial charge in [-0.05, 0) is 62.8 Å². The maximum atomic E-state index is 12.8. The zero-order valence-corrected chi connectivity index (χ0v) is 17.1. The number of carbonyl (C=O) groups excluding carboxylic acids is 3. The van der Waals surface area contributed by atoms with Crippen LogP contribution in [0.2, 0.25) is 0 Å². The zero-order chi connectivity index (χ0) is 20.3. The quantitative estimate of drug-likeness (QED) is 0.791. The fourth-order valence-corrected chi connectivity index (χ4v) is 3.61. The van der Waals surface area contributed by atoms with E-state index in [2.05, 4.69) is 5.32 Å². The van der Waals surface area contributed by atoms with E-state index in [0.29, 0.717) is 17.1 Å². The molecular weight excluding hydrogens is 376 g/mol. The highest BCUT2D eigenvalue weighted by atomic mass is 32.1. The second-order valence-electron chi connectivity index (χ2n) is 7.76. The molecule has 2 heterocycles. The van der Waals surface area contributed by atoms with Crippen molar-refractivity contribution in [3.05, 3.63) is 46.2 Å².